The Morgan fingerprint density at radius 3 is 2.11 bits per heavy atom. The smallest absolute Gasteiger partial charge is 0.223 e. The molecule has 2 aliphatic rings. The first-order valence-corrected chi connectivity index (χ1v) is 9.05. The lowest BCUT2D eigenvalue weighted by Gasteiger charge is -2.40. The number of nitrogens with one attached hydrogen (secondary N) is 1. The molecule has 2 fully saturated rings. The third-order valence-electron chi connectivity index (χ3n) is 5.26. The summed E-state index contributed by atoms with van der Waals surface area (Å²) in [6, 6.07) is 0. The zero-order chi connectivity index (χ0) is 13.9. The lowest BCUT2D eigenvalue weighted by molar-refractivity contribution is -0.128. The number of hydrogen-bond acceptors (Lipinski definition) is 1. The van der Waals surface area contributed by atoms with Gasteiger partial charge in [-0.15, -0.1) is 0 Å². The van der Waals surface area contributed by atoms with Crippen molar-refractivity contribution < 1.29 is 4.79 Å². The molecular weight excluding hydrogens is 302 g/mol. The Morgan fingerprint density at radius 1 is 1.05 bits per heavy atom. The summed E-state index contributed by atoms with van der Waals surface area (Å²) in [6.45, 7) is 4.62. The molecule has 2 rings (SSSR count). The van der Waals surface area contributed by atoms with Gasteiger partial charge >= 0.3 is 0 Å². The predicted molar refractivity (Wildman–Crippen MR) is 83.4 cm³/mol. The molecular formula is C16H28BrNO. The Labute approximate surface area is 126 Å². The van der Waals surface area contributed by atoms with Crippen molar-refractivity contribution in [2.75, 3.05) is 5.33 Å². The maximum Gasteiger partial charge on any atom is 0.223 e. The lowest BCUT2D eigenvalue weighted by Crippen LogP contribution is -2.53. The minimum atomic E-state index is 0.0344. The largest absolute Gasteiger partial charge is 0.350 e. The molecule has 0 unspecified atom stereocenters. The third kappa shape index (κ3) is 3.96. The highest BCUT2D eigenvalue weighted by Crippen LogP contribution is 2.35. The fourth-order valence-electron chi connectivity index (χ4n) is 3.49. The highest BCUT2D eigenvalue weighted by Gasteiger charge is 2.36. The second-order valence-electron chi connectivity index (χ2n) is 7.04. The fraction of sp³-hybridized carbons (Fsp3) is 0.938. The monoisotopic (exact) mass is 329 g/mol. The summed E-state index contributed by atoms with van der Waals surface area (Å²) >= 11 is 3.64. The zero-order valence-electron chi connectivity index (χ0n) is 12.4. The Morgan fingerprint density at radius 2 is 1.58 bits per heavy atom. The summed E-state index contributed by atoms with van der Waals surface area (Å²) in [5.41, 5.74) is 0.0344. The summed E-state index contributed by atoms with van der Waals surface area (Å²) in [4.78, 5) is 12.5. The maximum atomic E-state index is 12.5. The first kappa shape index (κ1) is 15.3. The first-order valence-electron chi connectivity index (χ1n) is 7.92. The van der Waals surface area contributed by atoms with Gasteiger partial charge in [0, 0.05) is 16.8 Å². The molecule has 1 amide bonds. The second kappa shape index (κ2) is 6.60. The molecule has 0 heterocycles. The average Bonchev–Trinajstić information content (AvgIpc) is 2.42. The molecule has 0 aliphatic heterocycles. The van der Waals surface area contributed by atoms with Crippen LogP contribution in [-0.2, 0) is 4.79 Å². The van der Waals surface area contributed by atoms with Gasteiger partial charge in [0.05, 0.1) is 0 Å². The van der Waals surface area contributed by atoms with Crippen LogP contribution in [0.4, 0.5) is 0 Å². The van der Waals surface area contributed by atoms with E-state index in [1.54, 1.807) is 0 Å². The lowest BCUT2D eigenvalue weighted by atomic mass is 9.77. The molecule has 0 atom stereocenters. The van der Waals surface area contributed by atoms with Crippen LogP contribution in [0.3, 0.4) is 0 Å². The van der Waals surface area contributed by atoms with Crippen molar-refractivity contribution in [2.24, 2.45) is 17.8 Å². The summed E-state index contributed by atoms with van der Waals surface area (Å²) < 4.78 is 0. The molecule has 0 saturated heterocycles. The summed E-state index contributed by atoms with van der Waals surface area (Å²) in [6.07, 6.45) is 9.36. The van der Waals surface area contributed by atoms with E-state index in [2.05, 4.69) is 35.1 Å². The van der Waals surface area contributed by atoms with Crippen LogP contribution in [0.15, 0.2) is 0 Å². The van der Waals surface area contributed by atoms with Crippen molar-refractivity contribution in [3.05, 3.63) is 0 Å². The van der Waals surface area contributed by atoms with Crippen LogP contribution in [0.5, 0.6) is 0 Å². The highest BCUT2D eigenvalue weighted by molar-refractivity contribution is 9.09. The first-order chi connectivity index (χ1) is 9.04. The van der Waals surface area contributed by atoms with Crippen LogP contribution in [0.2, 0.25) is 0 Å². The van der Waals surface area contributed by atoms with Crippen molar-refractivity contribution in [2.45, 2.75) is 70.8 Å². The molecule has 3 heteroatoms. The van der Waals surface area contributed by atoms with E-state index in [0.29, 0.717) is 5.91 Å². The molecule has 1 N–H and O–H groups in total. The van der Waals surface area contributed by atoms with E-state index in [-0.39, 0.29) is 11.5 Å². The second-order valence-corrected chi connectivity index (χ2v) is 7.60. The molecule has 0 aromatic carbocycles. The topological polar surface area (TPSA) is 29.1 Å². The van der Waals surface area contributed by atoms with E-state index in [0.717, 1.165) is 42.8 Å². The fourth-order valence-corrected chi connectivity index (χ4v) is 4.19. The predicted octanol–water partition coefficient (Wildman–Crippen LogP) is 4.27. The summed E-state index contributed by atoms with van der Waals surface area (Å²) in [7, 11) is 0. The molecule has 0 bridgehead atoms. The standard InChI is InChI=1S/C16H28BrNO/c1-12-3-5-14(6-4-12)15(19)18-16(11-17)9-7-13(2)8-10-16/h12-14H,3-11H2,1-2H3,(H,18,19). The van der Waals surface area contributed by atoms with Crippen LogP contribution in [0.25, 0.3) is 0 Å². The molecule has 0 aromatic rings. The normalized spacial score (nSPS) is 39.8. The van der Waals surface area contributed by atoms with Crippen molar-refractivity contribution in [3.63, 3.8) is 0 Å². The SMILES string of the molecule is CC1CCC(C(=O)NC2(CBr)CCC(C)CC2)CC1. The summed E-state index contributed by atoms with van der Waals surface area (Å²) in [5.74, 6) is 2.22. The van der Waals surface area contributed by atoms with Gasteiger partial charge in [-0.1, -0.05) is 29.8 Å². The number of halogens is 1. The molecule has 2 saturated carbocycles. The van der Waals surface area contributed by atoms with Crippen molar-refractivity contribution >= 4 is 21.8 Å². The minimum absolute atomic E-state index is 0.0344. The van der Waals surface area contributed by atoms with Gasteiger partial charge in [-0.05, 0) is 63.2 Å². The molecule has 0 aromatic heterocycles. The summed E-state index contributed by atoms with van der Waals surface area (Å²) in [5, 5.41) is 4.31. The Bertz CT molecular complexity index is 302. The minimum Gasteiger partial charge on any atom is -0.350 e. The molecule has 19 heavy (non-hydrogen) atoms. The number of hydrogen-bond donors (Lipinski definition) is 1. The van der Waals surface area contributed by atoms with Crippen LogP contribution in [-0.4, -0.2) is 16.8 Å². The van der Waals surface area contributed by atoms with E-state index in [4.69, 9.17) is 0 Å². The van der Waals surface area contributed by atoms with Gasteiger partial charge in [0.2, 0.25) is 5.91 Å². The van der Waals surface area contributed by atoms with Gasteiger partial charge in [0.15, 0.2) is 0 Å². The van der Waals surface area contributed by atoms with Gasteiger partial charge in [-0.3, -0.25) is 4.79 Å². The number of carbonyl (C=O) groups excluding carboxylic acids is 1. The Balaban J connectivity index is 1.89. The number of carbonyl (C=O) groups is 1. The highest BCUT2D eigenvalue weighted by atomic mass is 79.9. The van der Waals surface area contributed by atoms with Gasteiger partial charge < -0.3 is 5.32 Å². The molecule has 2 nitrogen and oxygen atoms in total. The van der Waals surface area contributed by atoms with Crippen molar-refractivity contribution in [1.29, 1.82) is 0 Å². The Hall–Kier alpha value is -0.0500. The quantitative estimate of drug-likeness (QED) is 0.769. The van der Waals surface area contributed by atoms with E-state index in [1.807, 2.05) is 0 Å². The molecule has 2 aliphatic carbocycles. The maximum absolute atomic E-state index is 12.5. The van der Waals surface area contributed by atoms with Crippen LogP contribution in [0, 0.1) is 17.8 Å². The van der Waals surface area contributed by atoms with Gasteiger partial charge in [-0.25, -0.2) is 0 Å². The van der Waals surface area contributed by atoms with E-state index in [1.165, 1.54) is 25.7 Å². The number of rotatable bonds is 3. The van der Waals surface area contributed by atoms with Gasteiger partial charge in [-0.2, -0.15) is 0 Å². The van der Waals surface area contributed by atoms with Crippen LogP contribution < -0.4 is 5.32 Å². The van der Waals surface area contributed by atoms with E-state index < -0.39 is 0 Å². The van der Waals surface area contributed by atoms with Gasteiger partial charge in [0.25, 0.3) is 0 Å². The average molecular weight is 330 g/mol. The third-order valence-corrected chi connectivity index (χ3v) is 6.34. The van der Waals surface area contributed by atoms with Crippen LogP contribution in [0.1, 0.15) is 65.2 Å². The van der Waals surface area contributed by atoms with E-state index in [9.17, 15) is 4.79 Å². The van der Waals surface area contributed by atoms with Gasteiger partial charge in [0.1, 0.15) is 0 Å². The molecule has 0 spiro atoms. The number of alkyl halides is 1. The van der Waals surface area contributed by atoms with E-state index >= 15 is 0 Å². The van der Waals surface area contributed by atoms with Crippen LogP contribution >= 0.6 is 15.9 Å². The van der Waals surface area contributed by atoms with Crippen molar-refractivity contribution in [1.82, 2.24) is 5.32 Å². The van der Waals surface area contributed by atoms with Crippen molar-refractivity contribution in [3.8, 4) is 0 Å². The molecule has 110 valence electrons. The Kier molecular flexibility index (Phi) is 5.33. The number of amides is 1. The zero-order valence-corrected chi connectivity index (χ0v) is 14.0. The molecule has 0 radical (unpaired) electrons.